The van der Waals surface area contributed by atoms with Crippen LogP contribution < -0.4 is 15.2 Å². The van der Waals surface area contributed by atoms with Gasteiger partial charge in [0.25, 0.3) is 0 Å². The normalized spacial score (nSPS) is 14.5. The first kappa shape index (κ1) is 11.3. The molecular formula is C14H16N2O2. The Balaban J connectivity index is 2.15. The molecule has 0 unspecified atom stereocenters. The molecule has 1 aromatic heterocycles. The summed E-state index contributed by atoms with van der Waals surface area (Å²) in [6.07, 6.45) is 3.51. The van der Waals surface area contributed by atoms with E-state index in [0.29, 0.717) is 19.8 Å². The molecule has 94 valence electrons. The van der Waals surface area contributed by atoms with Gasteiger partial charge in [0.1, 0.15) is 0 Å². The Kier molecular flexibility index (Phi) is 3.02. The zero-order valence-electron chi connectivity index (χ0n) is 10.2. The highest BCUT2D eigenvalue weighted by Crippen LogP contribution is 2.34. The highest BCUT2D eigenvalue weighted by molar-refractivity contribution is 5.87. The van der Waals surface area contributed by atoms with E-state index in [1.807, 2.05) is 24.4 Å². The molecule has 4 nitrogen and oxygen atoms in total. The van der Waals surface area contributed by atoms with Gasteiger partial charge in [0.15, 0.2) is 11.5 Å². The van der Waals surface area contributed by atoms with E-state index in [2.05, 4.69) is 4.98 Å². The molecule has 1 aromatic carbocycles. The first-order valence-corrected chi connectivity index (χ1v) is 6.26. The van der Waals surface area contributed by atoms with Crippen molar-refractivity contribution in [3.05, 3.63) is 30.1 Å². The lowest BCUT2D eigenvalue weighted by atomic mass is 10.1. The van der Waals surface area contributed by atoms with Crippen LogP contribution >= 0.6 is 0 Å². The van der Waals surface area contributed by atoms with Crippen molar-refractivity contribution in [2.24, 2.45) is 5.73 Å². The summed E-state index contributed by atoms with van der Waals surface area (Å²) < 4.78 is 11.4. The third-order valence-corrected chi connectivity index (χ3v) is 3.10. The lowest BCUT2D eigenvalue weighted by molar-refractivity contribution is 0.297. The molecule has 18 heavy (non-hydrogen) atoms. The molecule has 0 saturated heterocycles. The van der Waals surface area contributed by atoms with E-state index in [4.69, 9.17) is 15.2 Å². The Morgan fingerprint density at radius 3 is 2.72 bits per heavy atom. The van der Waals surface area contributed by atoms with Crippen LogP contribution in [0.15, 0.2) is 24.4 Å². The number of ether oxygens (including phenoxy) is 2. The van der Waals surface area contributed by atoms with Crippen LogP contribution in [-0.2, 0) is 6.42 Å². The van der Waals surface area contributed by atoms with Crippen molar-refractivity contribution in [1.29, 1.82) is 0 Å². The molecule has 0 saturated carbocycles. The van der Waals surface area contributed by atoms with Gasteiger partial charge in [-0.1, -0.05) is 0 Å². The Morgan fingerprint density at radius 2 is 1.94 bits per heavy atom. The fourth-order valence-corrected chi connectivity index (χ4v) is 2.23. The molecule has 0 fully saturated rings. The Bertz CT molecular complexity index is 569. The summed E-state index contributed by atoms with van der Waals surface area (Å²) in [5.41, 5.74) is 6.64. The van der Waals surface area contributed by atoms with Gasteiger partial charge in [-0.15, -0.1) is 0 Å². The molecule has 4 heteroatoms. The maximum atomic E-state index is 5.71. The fourth-order valence-electron chi connectivity index (χ4n) is 2.23. The lowest BCUT2D eigenvalue weighted by Gasteiger charge is -2.10. The van der Waals surface area contributed by atoms with Gasteiger partial charge >= 0.3 is 0 Å². The van der Waals surface area contributed by atoms with Crippen molar-refractivity contribution in [2.45, 2.75) is 12.8 Å². The number of pyridine rings is 1. The monoisotopic (exact) mass is 244 g/mol. The van der Waals surface area contributed by atoms with Gasteiger partial charge in [-0.25, -0.2) is 0 Å². The SMILES string of the molecule is NCCc1nccc2cc3c(cc12)OCCCO3. The fraction of sp³-hybridized carbons (Fsp3) is 0.357. The average Bonchev–Trinajstić information content (AvgIpc) is 2.62. The van der Waals surface area contributed by atoms with Crippen LogP contribution in [0.3, 0.4) is 0 Å². The minimum atomic E-state index is 0.598. The summed E-state index contributed by atoms with van der Waals surface area (Å²) in [5, 5.41) is 2.23. The molecule has 2 heterocycles. The van der Waals surface area contributed by atoms with Gasteiger partial charge in [-0.3, -0.25) is 4.98 Å². The number of hydrogen-bond acceptors (Lipinski definition) is 4. The van der Waals surface area contributed by atoms with Gasteiger partial charge in [-0.05, 0) is 30.1 Å². The summed E-state index contributed by atoms with van der Waals surface area (Å²) >= 11 is 0. The van der Waals surface area contributed by atoms with E-state index in [0.717, 1.165) is 40.8 Å². The molecule has 0 atom stereocenters. The van der Waals surface area contributed by atoms with Crippen molar-refractivity contribution in [1.82, 2.24) is 4.98 Å². The van der Waals surface area contributed by atoms with E-state index >= 15 is 0 Å². The zero-order valence-corrected chi connectivity index (χ0v) is 10.2. The highest BCUT2D eigenvalue weighted by Gasteiger charge is 2.13. The second kappa shape index (κ2) is 4.82. The number of hydrogen-bond donors (Lipinski definition) is 1. The molecule has 2 aromatic rings. The third kappa shape index (κ3) is 1.99. The summed E-state index contributed by atoms with van der Waals surface area (Å²) in [6, 6.07) is 6.04. The molecule has 2 N–H and O–H groups in total. The van der Waals surface area contributed by atoms with Crippen LogP contribution in [0.4, 0.5) is 0 Å². The average molecular weight is 244 g/mol. The number of rotatable bonds is 2. The molecule has 0 radical (unpaired) electrons. The second-order valence-electron chi connectivity index (χ2n) is 4.37. The predicted octanol–water partition coefficient (Wildman–Crippen LogP) is 1.90. The van der Waals surface area contributed by atoms with Crippen molar-refractivity contribution in [2.75, 3.05) is 19.8 Å². The maximum absolute atomic E-state index is 5.71. The Hall–Kier alpha value is -1.81. The van der Waals surface area contributed by atoms with Gasteiger partial charge < -0.3 is 15.2 Å². The smallest absolute Gasteiger partial charge is 0.161 e. The molecule has 0 bridgehead atoms. The molecule has 1 aliphatic heterocycles. The second-order valence-corrected chi connectivity index (χ2v) is 4.37. The van der Waals surface area contributed by atoms with Gasteiger partial charge in [0.2, 0.25) is 0 Å². The third-order valence-electron chi connectivity index (χ3n) is 3.10. The number of benzene rings is 1. The highest BCUT2D eigenvalue weighted by atomic mass is 16.5. The molecule has 0 spiro atoms. The minimum Gasteiger partial charge on any atom is -0.490 e. The maximum Gasteiger partial charge on any atom is 0.161 e. The van der Waals surface area contributed by atoms with Crippen LogP contribution in [0.1, 0.15) is 12.1 Å². The predicted molar refractivity (Wildman–Crippen MR) is 70.1 cm³/mol. The van der Waals surface area contributed by atoms with Gasteiger partial charge in [0.05, 0.1) is 13.2 Å². The van der Waals surface area contributed by atoms with Crippen molar-refractivity contribution >= 4 is 10.8 Å². The summed E-state index contributed by atoms with van der Waals surface area (Å²) in [5.74, 6) is 1.64. The topological polar surface area (TPSA) is 57.4 Å². The number of aromatic nitrogens is 1. The van der Waals surface area contributed by atoms with Crippen molar-refractivity contribution in [3.8, 4) is 11.5 Å². The van der Waals surface area contributed by atoms with Crippen molar-refractivity contribution < 1.29 is 9.47 Å². The zero-order chi connectivity index (χ0) is 12.4. The number of fused-ring (bicyclic) bond motifs is 2. The minimum absolute atomic E-state index is 0.598. The van der Waals surface area contributed by atoms with E-state index in [1.165, 1.54) is 0 Å². The molecule has 0 amide bonds. The van der Waals surface area contributed by atoms with Crippen LogP contribution in [0, 0.1) is 0 Å². The first-order valence-electron chi connectivity index (χ1n) is 6.26. The quantitative estimate of drug-likeness (QED) is 0.876. The van der Waals surface area contributed by atoms with Crippen LogP contribution in [0.2, 0.25) is 0 Å². The van der Waals surface area contributed by atoms with E-state index in [9.17, 15) is 0 Å². The first-order chi connectivity index (χ1) is 8.88. The molecular weight excluding hydrogens is 228 g/mol. The Labute approximate surface area is 106 Å². The summed E-state index contributed by atoms with van der Waals surface area (Å²) in [4.78, 5) is 4.39. The van der Waals surface area contributed by atoms with Crippen LogP contribution in [0.5, 0.6) is 11.5 Å². The van der Waals surface area contributed by atoms with Gasteiger partial charge in [-0.2, -0.15) is 0 Å². The van der Waals surface area contributed by atoms with E-state index in [1.54, 1.807) is 0 Å². The number of nitrogens with two attached hydrogens (primary N) is 1. The van der Waals surface area contributed by atoms with Crippen LogP contribution in [0.25, 0.3) is 10.8 Å². The van der Waals surface area contributed by atoms with E-state index in [-0.39, 0.29) is 0 Å². The van der Waals surface area contributed by atoms with E-state index < -0.39 is 0 Å². The van der Waals surface area contributed by atoms with Crippen molar-refractivity contribution in [3.63, 3.8) is 0 Å². The standard InChI is InChI=1S/C14H16N2O2/c15-4-2-12-11-9-14-13(17-6-1-7-18-14)8-10(11)3-5-16-12/h3,5,8-9H,1-2,4,6-7,15H2. The van der Waals surface area contributed by atoms with Crippen LogP contribution in [-0.4, -0.2) is 24.7 Å². The number of nitrogens with zero attached hydrogens (tertiary/aromatic N) is 1. The largest absolute Gasteiger partial charge is 0.490 e. The molecule has 1 aliphatic rings. The molecule has 3 rings (SSSR count). The lowest BCUT2D eigenvalue weighted by Crippen LogP contribution is -2.05. The summed E-state index contributed by atoms with van der Waals surface area (Å²) in [7, 11) is 0. The Morgan fingerprint density at radius 1 is 1.17 bits per heavy atom. The summed E-state index contributed by atoms with van der Waals surface area (Å²) in [6.45, 7) is 2.00. The molecule has 0 aliphatic carbocycles. The van der Waals surface area contributed by atoms with Gasteiger partial charge in [0, 0.05) is 30.1 Å².